The minimum absolute atomic E-state index is 0.0111. The molecule has 0 N–H and O–H groups in total. The first-order chi connectivity index (χ1) is 23.9. The molecular weight excluding hydrogens is 705 g/mol. The van der Waals surface area contributed by atoms with Gasteiger partial charge >= 0.3 is 17.9 Å². The fourth-order valence-corrected chi connectivity index (χ4v) is 10.3. The van der Waals surface area contributed by atoms with Crippen LogP contribution in [0.5, 0.6) is 0 Å². The third-order valence-electron chi connectivity index (χ3n) is 8.52. The molecule has 4 atom stereocenters. The van der Waals surface area contributed by atoms with Crippen molar-refractivity contribution in [3.05, 3.63) is 60.7 Å². The van der Waals surface area contributed by atoms with E-state index in [0.29, 0.717) is 12.5 Å². The van der Waals surface area contributed by atoms with Gasteiger partial charge in [-0.15, -0.1) is 0 Å². The molecule has 2 fully saturated rings. The molecule has 0 aliphatic carbocycles. The monoisotopic (exact) mass is 755 g/mol. The number of hydrogen-bond donors (Lipinski definition) is 0. The van der Waals surface area contributed by atoms with Gasteiger partial charge in [0.2, 0.25) is 6.36 Å². The van der Waals surface area contributed by atoms with Crippen molar-refractivity contribution in [3.63, 3.8) is 0 Å². The van der Waals surface area contributed by atoms with E-state index < -0.39 is 66.1 Å². The summed E-state index contributed by atoms with van der Waals surface area (Å²) in [6.45, 7) is 9.41. The second-order valence-electron chi connectivity index (χ2n) is 13.7. The molecule has 2 aliphatic rings. The van der Waals surface area contributed by atoms with Crippen molar-refractivity contribution in [3.8, 4) is 0 Å². The van der Waals surface area contributed by atoms with Crippen LogP contribution in [0.15, 0.2) is 60.7 Å². The Balaban J connectivity index is 0.00000129. The van der Waals surface area contributed by atoms with E-state index in [2.05, 4.69) is 4.18 Å². The highest BCUT2D eigenvalue weighted by Gasteiger charge is 2.57. The Morgan fingerprint density at radius 1 is 1.02 bits per heavy atom. The SMILES string of the molecule is CCCC(F)OC(=O)[C@]1(CCOC(C)=O)CC[C@H](C(=O)OC(C)(C)C)N1CO[Si](CCC(C)F)(c1ccccc1)c1ccccc1.O=S1(=O)CO1. The molecule has 284 valence electrons. The number of benzene rings is 2. The van der Waals surface area contributed by atoms with Crippen LogP contribution in [0, 0.1) is 0 Å². The minimum atomic E-state index is -3.23. The predicted molar refractivity (Wildman–Crippen MR) is 189 cm³/mol. The first-order valence-electron chi connectivity index (χ1n) is 17.2. The van der Waals surface area contributed by atoms with Gasteiger partial charge in [-0.2, -0.15) is 8.42 Å². The number of alkyl halides is 2. The number of ether oxygens (including phenoxy) is 3. The maximum Gasteiger partial charge on any atom is 0.329 e. The maximum atomic E-state index is 14.8. The molecule has 0 radical (unpaired) electrons. The molecule has 0 spiro atoms. The van der Waals surface area contributed by atoms with Crippen molar-refractivity contribution < 1.29 is 54.4 Å². The van der Waals surface area contributed by atoms with Crippen LogP contribution in [-0.2, 0) is 47.3 Å². The van der Waals surface area contributed by atoms with Gasteiger partial charge in [-0.25, -0.2) is 17.8 Å². The molecular formula is C36H51F2NO10SSi. The van der Waals surface area contributed by atoms with E-state index in [1.165, 1.54) is 13.8 Å². The van der Waals surface area contributed by atoms with Gasteiger partial charge in [-0.05, 0) is 69.8 Å². The van der Waals surface area contributed by atoms with E-state index in [4.69, 9.17) is 18.6 Å². The van der Waals surface area contributed by atoms with E-state index in [1.54, 1.807) is 32.6 Å². The van der Waals surface area contributed by atoms with E-state index in [-0.39, 0.29) is 51.4 Å². The minimum Gasteiger partial charge on any atom is -0.466 e. The summed E-state index contributed by atoms with van der Waals surface area (Å²) in [6, 6.07) is 18.7. The topological polar surface area (TPSA) is 138 Å². The summed E-state index contributed by atoms with van der Waals surface area (Å²) in [6.07, 6.45) is -1.99. The van der Waals surface area contributed by atoms with E-state index >= 15 is 0 Å². The molecule has 2 unspecified atom stereocenters. The molecule has 0 saturated carbocycles. The van der Waals surface area contributed by atoms with E-state index in [9.17, 15) is 31.6 Å². The number of esters is 3. The molecule has 51 heavy (non-hydrogen) atoms. The molecule has 15 heteroatoms. The third-order valence-corrected chi connectivity index (χ3v) is 13.3. The predicted octanol–water partition coefficient (Wildman–Crippen LogP) is 4.91. The van der Waals surface area contributed by atoms with E-state index in [1.807, 2.05) is 60.7 Å². The van der Waals surface area contributed by atoms with Crippen molar-refractivity contribution in [1.82, 2.24) is 4.90 Å². The van der Waals surface area contributed by atoms with Crippen LogP contribution in [0.3, 0.4) is 0 Å². The zero-order chi connectivity index (χ0) is 37.9. The summed E-state index contributed by atoms with van der Waals surface area (Å²) >= 11 is 0. The zero-order valence-electron chi connectivity index (χ0n) is 30.3. The Kier molecular flexibility index (Phi) is 15.3. The van der Waals surface area contributed by atoms with Crippen LogP contribution in [0.4, 0.5) is 8.78 Å². The summed E-state index contributed by atoms with van der Waals surface area (Å²) < 4.78 is 75.6. The summed E-state index contributed by atoms with van der Waals surface area (Å²) in [5, 5.41) is 1.80. The fourth-order valence-electron chi connectivity index (χ4n) is 6.00. The van der Waals surface area contributed by atoms with Crippen LogP contribution in [0.2, 0.25) is 6.04 Å². The smallest absolute Gasteiger partial charge is 0.329 e. The number of halogens is 2. The number of carbonyl (C=O) groups is 3. The van der Waals surface area contributed by atoms with Gasteiger partial charge in [-0.1, -0.05) is 67.6 Å². The number of nitrogens with zero attached hydrogens (tertiary/aromatic N) is 1. The summed E-state index contributed by atoms with van der Waals surface area (Å²) in [5.41, 5.74) is -2.38. The number of hydrogen-bond acceptors (Lipinski definition) is 11. The second-order valence-corrected chi connectivity index (χ2v) is 18.9. The Labute approximate surface area is 301 Å². The van der Waals surface area contributed by atoms with E-state index in [0.717, 1.165) is 10.4 Å². The first kappa shape index (κ1) is 42.2. The molecule has 0 bridgehead atoms. The largest absolute Gasteiger partial charge is 0.466 e. The van der Waals surface area contributed by atoms with Crippen LogP contribution >= 0.6 is 0 Å². The quantitative estimate of drug-likeness (QED) is 0.100. The molecule has 2 aromatic carbocycles. The van der Waals surface area contributed by atoms with Crippen molar-refractivity contribution in [2.45, 2.75) is 116 Å². The van der Waals surface area contributed by atoms with Crippen molar-refractivity contribution >= 4 is 46.7 Å². The highest BCUT2D eigenvalue weighted by atomic mass is 32.2. The van der Waals surface area contributed by atoms with Crippen molar-refractivity contribution in [1.29, 1.82) is 0 Å². The number of rotatable bonds is 16. The summed E-state index contributed by atoms with van der Waals surface area (Å²) in [5.74, 6) is -2.04. The Bertz CT molecular complexity index is 1490. The molecule has 4 rings (SSSR count). The number of likely N-dealkylation sites (tertiary alicyclic amines) is 1. The van der Waals surface area contributed by atoms with Crippen LogP contribution in [0.1, 0.15) is 80.1 Å². The molecule has 2 heterocycles. The normalized spacial score (nSPS) is 21.1. The third kappa shape index (κ3) is 12.4. The van der Waals surface area contributed by atoms with Gasteiger partial charge < -0.3 is 18.6 Å². The molecule has 0 aromatic heterocycles. The van der Waals surface area contributed by atoms with Gasteiger partial charge in [0.05, 0.1) is 19.5 Å². The summed E-state index contributed by atoms with van der Waals surface area (Å²) in [7, 11) is -6.14. The lowest BCUT2D eigenvalue weighted by Gasteiger charge is -2.42. The highest BCUT2D eigenvalue weighted by Crippen LogP contribution is 2.40. The van der Waals surface area contributed by atoms with Crippen LogP contribution < -0.4 is 10.4 Å². The second kappa shape index (κ2) is 18.5. The van der Waals surface area contributed by atoms with Gasteiger partial charge in [-0.3, -0.25) is 14.5 Å². The lowest BCUT2D eigenvalue weighted by atomic mass is 9.92. The highest BCUT2D eigenvalue weighted by molar-refractivity contribution is 7.91. The Morgan fingerprint density at radius 2 is 1.57 bits per heavy atom. The Hall–Kier alpha value is -3.24. The van der Waals surface area contributed by atoms with Gasteiger partial charge in [0.25, 0.3) is 18.4 Å². The maximum absolute atomic E-state index is 14.8. The average Bonchev–Trinajstić information content (AvgIpc) is 3.63. The van der Waals surface area contributed by atoms with Crippen LogP contribution in [-0.4, -0.2) is 88.5 Å². The van der Waals surface area contributed by atoms with Crippen molar-refractivity contribution in [2.24, 2.45) is 0 Å². The van der Waals surface area contributed by atoms with Crippen molar-refractivity contribution in [2.75, 3.05) is 19.3 Å². The zero-order valence-corrected chi connectivity index (χ0v) is 32.1. The lowest BCUT2D eigenvalue weighted by molar-refractivity contribution is -0.180. The standard InChI is InChI=1S/C35H49F2NO7Si.CH2O3S/c1-7-14-31(37)44-33(41)35(22-23-42-27(3)39)21-19-30(32(40)45-34(4,5)6)38(35)25-43-46(24-20-26(2)36,28-15-10-8-11-16-28)29-17-12-9-13-18-29;2-5(3)1-4-5/h8-13,15-18,26,30-31H,7,14,19-25H2,1-6H3;1H2/t26?,30-,31?,35-;/m1./s1. The summed E-state index contributed by atoms with van der Waals surface area (Å²) in [4.78, 5) is 41.0. The average molecular weight is 756 g/mol. The van der Waals surface area contributed by atoms with Gasteiger partial charge in [0.1, 0.15) is 17.2 Å². The number of carbonyl (C=O) groups excluding carboxylic acids is 3. The Morgan fingerprint density at radius 3 is 2.02 bits per heavy atom. The molecule has 2 saturated heterocycles. The molecule has 2 aromatic rings. The lowest BCUT2D eigenvalue weighted by Crippen LogP contribution is -2.64. The molecule has 11 nitrogen and oxygen atoms in total. The molecule has 0 amide bonds. The fraction of sp³-hybridized carbons (Fsp3) is 0.583. The van der Waals surface area contributed by atoms with Gasteiger partial charge in [0, 0.05) is 19.8 Å². The van der Waals surface area contributed by atoms with Gasteiger partial charge in [0.15, 0.2) is 5.94 Å². The first-order valence-corrected chi connectivity index (χ1v) is 20.9. The van der Waals surface area contributed by atoms with Crippen LogP contribution in [0.25, 0.3) is 0 Å². The molecule has 2 aliphatic heterocycles.